The number of hydrogen-bond acceptors (Lipinski definition) is 2. The molecule has 3 heteroatoms. The molecule has 0 bridgehead atoms. The Morgan fingerprint density at radius 1 is 1.60 bits per heavy atom. The lowest BCUT2D eigenvalue weighted by Gasteiger charge is -2.41. The Balaban J connectivity index is 2.96. The van der Waals surface area contributed by atoms with Gasteiger partial charge in [0, 0.05) is 11.6 Å². The zero-order chi connectivity index (χ0) is 11.6. The fraction of sp³-hybridized carbons (Fsp3) is 0.917. The summed E-state index contributed by atoms with van der Waals surface area (Å²) in [6, 6.07) is 0.288. The van der Waals surface area contributed by atoms with Crippen molar-refractivity contribution in [2.45, 2.75) is 65.1 Å². The monoisotopic (exact) mass is 212 g/mol. The Morgan fingerprint density at radius 2 is 2.20 bits per heavy atom. The molecule has 1 aliphatic rings. The third-order valence-corrected chi connectivity index (χ3v) is 3.48. The van der Waals surface area contributed by atoms with Crippen LogP contribution in [0, 0.1) is 0 Å². The van der Waals surface area contributed by atoms with E-state index in [1.165, 1.54) is 0 Å². The Kier molecular flexibility index (Phi) is 3.77. The Bertz CT molecular complexity index is 238. The van der Waals surface area contributed by atoms with Crippen LogP contribution in [-0.4, -0.2) is 35.0 Å². The van der Waals surface area contributed by atoms with Crippen molar-refractivity contribution in [3.05, 3.63) is 0 Å². The summed E-state index contributed by atoms with van der Waals surface area (Å²) in [5, 5.41) is 3.27. The second-order valence-electron chi connectivity index (χ2n) is 5.20. The van der Waals surface area contributed by atoms with E-state index in [-0.39, 0.29) is 17.5 Å². The van der Waals surface area contributed by atoms with Gasteiger partial charge in [-0.1, -0.05) is 6.92 Å². The standard InChI is InChI=1S/C12H24N2O/c1-6-9(2)14-11(15)10(3)13-8-7-12(14,4)5/h9-10,13H,6-8H2,1-5H3. The normalized spacial score (nSPS) is 28.7. The smallest absolute Gasteiger partial charge is 0.240 e. The molecule has 0 aromatic heterocycles. The van der Waals surface area contributed by atoms with Crippen LogP contribution in [0.3, 0.4) is 0 Å². The molecule has 1 saturated heterocycles. The van der Waals surface area contributed by atoms with Gasteiger partial charge in [0.2, 0.25) is 5.91 Å². The van der Waals surface area contributed by atoms with Crippen LogP contribution in [0.5, 0.6) is 0 Å². The summed E-state index contributed by atoms with van der Waals surface area (Å²) in [4.78, 5) is 14.3. The third-order valence-electron chi connectivity index (χ3n) is 3.48. The van der Waals surface area contributed by atoms with Gasteiger partial charge in [-0.3, -0.25) is 4.79 Å². The molecule has 1 heterocycles. The molecule has 1 rings (SSSR count). The molecule has 1 N–H and O–H groups in total. The van der Waals surface area contributed by atoms with Crippen LogP contribution < -0.4 is 5.32 Å². The Labute approximate surface area is 93.2 Å². The van der Waals surface area contributed by atoms with E-state index in [0.717, 1.165) is 19.4 Å². The maximum absolute atomic E-state index is 12.2. The van der Waals surface area contributed by atoms with Crippen LogP contribution in [-0.2, 0) is 4.79 Å². The minimum Gasteiger partial charge on any atom is -0.333 e. The summed E-state index contributed by atoms with van der Waals surface area (Å²) in [6.07, 6.45) is 2.04. The van der Waals surface area contributed by atoms with E-state index in [2.05, 4.69) is 37.9 Å². The molecule has 0 aliphatic carbocycles. The van der Waals surface area contributed by atoms with Gasteiger partial charge in [-0.2, -0.15) is 0 Å². The molecule has 1 amide bonds. The molecule has 88 valence electrons. The molecule has 0 radical (unpaired) electrons. The van der Waals surface area contributed by atoms with Crippen molar-refractivity contribution in [3.63, 3.8) is 0 Å². The first-order valence-electron chi connectivity index (χ1n) is 5.96. The molecule has 0 spiro atoms. The highest BCUT2D eigenvalue weighted by Crippen LogP contribution is 2.25. The first-order valence-corrected chi connectivity index (χ1v) is 5.96. The van der Waals surface area contributed by atoms with Crippen molar-refractivity contribution in [1.82, 2.24) is 10.2 Å². The number of nitrogens with one attached hydrogen (secondary N) is 1. The number of nitrogens with zero attached hydrogens (tertiary/aromatic N) is 1. The van der Waals surface area contributed by atoms with E-state index in [4.69, 9.17) is 0 Å². The molecule has 3 nitrogen and oxygen atoms in total. The number of hydrogen-bond donors (Lipinski definition) is 1. The van der Waals surface area contributed by atoms with E-state index < -0.39 is 0 Å². The summed E-state index contributed by atoms with van der Waals surface area (Å²) in [6.45, 7) is 11.5. The largest absolute Gasteiger partial charge is 0.333 e. The zero-order valence-electron chi connectivity index (χ0n) is 10.6. The van der Waals surface area contributed by atoms with Crippen LogP contribution in [0.25, 0.3) is 0 Å². The molecule has 15 heavy (non-hydrogen) atoms. The molecule has 2 atom stereocenters. The summed E-state index contributed by atoms with van der Waals surface area (Å²) in [5.41, 5.74) is -0.0235. The SMILES string of the molecule is CCC(C)N1C(=O)C(C)NCCC1(C)C. The molecule has 0 saturated carbocycles. The molecule has 1 aliphatic heterocycles. The second-order valence-corrected chi connectivity index (χ2v) is 5.20. The molecule has 1 fully saturated rings. The minimum atomic E-state index is -0.0409. The van der Waals surface area contributed by atoms with Crippen molar-refractivity contribution >= 4 is 5.91 Å². The van der Waals surface area contributed by atoms with E-state index in [1.807, 2.05) is 6.92 Å². The highest BCUT2D eigenvalue weighted by atomic mass is 16.2. The van der Waals surface area contributed by atoms with Gasteiger partial charge >= 0.3 is 0 Å². The van der Waals surface area contributed by atoms with E-state index in [0.29, 0.717) is 6.04 Å². The quantitative estimate of drug-likeness (QED) is 0.756. The van der Waals surface area contributed by atoms with Gasteiger partial charge in [0.05, 0.1) is 6.04 Å². The van der Waals surface area contributed by atoms with Crippen molar-refractivity contribution in [2.75, 3.05) is 6.54 Å². The maximum atomic E-state index is 12.2. The highest BCUT2D eigenvalue weighted by Gasteiger charge is 2.37. The van der Waals surface area contributed by atoms with Crippen LogP contribution in [0.15, 0.2) is 0 Å². The summed E-state index contributed by atoms with van der Waals surface area (Å²) in [5.74, 6) is 0.242. The number of carbonyl (C=O) groups excluding carboxylic acids is 1. The number of rotatable bonds is 2. The van der Waals surface area contributed by atoms with Gasteiger partial charge in [-0.15, -0.1) is 0 Å². The zero-order valence-corrected chi connectivity index (χ0v) is 10.6. The predicted octanol–water partition coefficient (Wildman–Crippen LogP) is 1.77. The average Bonchev–Trinajstić information content (AvgIpc) is 2.24. The molecule has 0 aromatic carbocycles. The van der Waals surface area contributed by atoms with Gasteiger partial charge in [-0.25, -0.2) is 0 Å². The van der Waals surface area contributed by atoms with Crippen molar-refractivity contribution in [1.29, 1.82) is 0 Å². The maximum Gasteiger partial charge on any atom is 0.240 e. The van der Waals surface area contributed by atoms with Gasteiger partial charge in [0.1, 0.15) is 0 Å². The van der Waals surface area contributed by atoms with Gasteiger partial charge in [-0.05, 0) is 47.1 Å². The fourth-order valence-corrected chi connectivity index (χ4v) is 2.31. The van der Waals surface area contributed by atoms with Crippen LogP contribution >= 0.6 is 0 Å². The highest BCUT2D eigenvalue weighted by molar-refractivity contribution is 5.82. The van der Waals surface area contributed by atoms with Crippen LogP contribution in [0.1, 0.15) is 47.5 Å². The van der Waals surface area contributed by atoms with Crippen molar-refractivity contribution in [2.24, 2.45) is 0 Å². The molecular weight excluding hydrogens is 188 g/mol. The lowest BCUT2D eigenvalue weighted by atomic mass is 9.95. The number of amides is 1. The number of carbonyl (C=O) groups is 1. The predicted molar refractivity (Wildman–Crippen MR) is 62.8 cm³/mol. The molecule has 0 aromatic rings. The third kappa shape index (κ3) is 2.51. The fourth-order valence-electron chi connectivity index (χ4n) is 2.31. The first kappa shape index (κ1) is 12.5. The van der Waals surface area contributed by atoms with Crippen molar-refractivity contribution in [3.8, 4) is 0 Å². The summed E-state index contributed by atoms with van der Waals surface area (Å²) in [7, 11) is 0. The van der Waals surface area contributed by atoms with Crippen LogP contribution in [0.4, 0.5) is 0 Å². The lowest BCUT2D eigenvalue weighted by molar-refractivity contribution is -0.140. The van der Waals surface area contributed by atoms with Crippen LogP contribution in [0.2, 0.25) is 0 Å². The second kappa shape index (κ2) is 4.52. The molecule has 2 unspecified atom stereocenters. The molecular formula is C12H24N2O. The Morgan fingerprint density at radius 3 is 2.73 bits per heavy atom. The summed E-state index contributed by atoms with van der Waals surface area (Å²) < 4.78 is 0. The van der Waals surface area contributed by atoms with E-state index >= 15 is 0 Å². The topological polar surface area (TPSA) is 32.3 Å². The Hall–Kier alpha value is -0.570. The van der Waals surface area contributed by atoms with E-state index in [9.17, 15) is 4.79 Å². The first-order chi connectivity index (χ1) is 6.90. The summed E-state index contributed by atoms with van der Waals surface area (Å²) >= 11 is 0. The van der Waals surface area contributed by atoms with Gasteiger partial charge < -0.3 is 10.2 Å². The van der Waals surface area contributed by atoms with E-state index in [1.54, 1.807) is 0 Å². The van der Waals surface area contributed by atoms with Gasteiger partial charge in [0.25, 0.3) is 0 Å². The average molecular weight is 212 g/mol. The minimum absolute atomic E-state index is 0.0235. The van der Waals surface area contributed by atoms with Crippen molar-refractivity contribution < 1.29 is 4.79 Å². The lowest BCUT2D eigenvalue weighted by Crippen LogP contribution is -2.54. The van der Waals surface area contributed by atoms with Gasteiger partial charge in [0.15, 0.2) is 0 Å².